The number of nitrogens with zero attached hydrogens (tertiary/aromatic N) is 1. The van der Waals surface area contributed by atoms with Gasteiger partial charge in [0.2, 0.25) is 0 Å². The molecule has 1 saturated heterocycles. The van der Waals surface area contributed by atoms with Gasteiger partial charge in [-0.2, -0.15) is 0 Å². The highest BCUT2D eigenvalue weighted by Gasteiger charge is 2.33. The highest BCUT2D eigenvalue weighted by molar-refractivity contribution is 5.14. The van der Waals surface area contributed by atoms with Crippen LogP contribution < -0.4 is 5.73 Å². The molecule has 1 heterocycles. The lowest BCUT2D eigenvalue weighted by molar-refractivity contribution is 0.179. The third kappa shape index (κ3) is 4.08. The van der Waals surface area contributed by atoms with Crippen LogP contribution in [0.4, 0.5) is 0 Å². The molecule has 1 aromatic rings. The zero-order chi connectivity index (χ0) is 14.5. The molecule has 2 atom stereocenters. The molecule has 2 aliphatic rings. The van der Waals surface area contributed by atoms with Gasteiger partial charge in [0.1, 0.15) is 0 Å². The van der Waals surface area contributed by atoms with E-state index in [0.717, 1.165) is 31.3 Å². The van der Waals surface area contributed by atoms with Crippen LogP contribution in [0.3, 0.4) is 0 Å². The van der Waals surface area contributed by atoms with Gasteiger partial charge in [-0.3, -0.25) is 4.90 Å². The van der Waals surface area contributed by atoms with Gasteiger partial charge in [-0.25, -0.2) is 0 Å². The van der Waals surface area contributed by atoms with E-state index in [2.05, 4.69) is 35.2 Å². The lowest BCUT2D eigenvalue weighted by Crippen LogP contribution is -2.42. The van der Waals surface area contributed by atoms with Crippen molar-refractivity contribution >= 4 is 0 Å². The molecule has 0 aromatic heterocycles. The van der Waals surface area contributed by atoms with E-state index in [1.807, 2.05) is 0 Å². The van der Waals surface area contributed by atoms with E-state index in [9.17, 15) is 0 Å². The SMILES string of the molecule is NC(CCc1ccccc1)CN1CCCC1C1CCCC1. The number of rotatable bonds is 6. The summed E-state index contributed by atoms with van der Waals surface area (Å²) in [6.07, 6.45) is 10.8. The zero-order valence-electron chi connectivity index (χ0n) is 13.2. The second-order valence-corrected chi connectivity index (χ2v) is 7.03. The molecule has 0 radical (unpaired) electrons. The van der Waals surface area contributed by atoms with Crippen molar-refractivity contribution < 1.29 is 0 Å². The molecule has 0 spiro atoms. The van der Waals surface area contributed by atoms with E-state index in [0.29, 0.717) is 6.04 Å². The van der Waals surface area contributed by atoms with Crippen LogP contribution in [0.1, 0.15) is 50.5 Å². The van der Waals surface area contributed by atoms with E-state index in [1.165, 1.54) is 50.6 Å². The molecular weight excluding hydrogens is 256 g/mol. The van der Waals surface area contributed by atoms with Crippen LogP contribution in [-0.2, 0) is 6.42 Å². The molecule has 1 saturated carbocycles. The fraction of sp³-hybridized carbons (Fsp3) is 0.684. The van der Waals surface area contributed by atoms with E-state index in [1.54, 1.807) is 0 Å². The van der Waals surface area contributed by atoms with Gasteiger partial charge in [0.25, 0.3) is 0 Å². The number of likely N-dealkylation sites (tertiary alicyclic amines) is 1. The zero-order valence-corrected chi connectivity index (χ0v) is 13.2. The van der Waals surface area contributed by atoms with Crippen LogP contribution in [0.15, 0.2) is 30.3 Å². The fourth-order valence-corrected chi connectivity index (χ4v) is 4.34. The number of hydrogen-bond donors (Lipinski definition) is 1. The van der Waals surface area contributed by atoms with Crippen LogP contribution >= 0.6 is 0 Å². The number of aryl methyl sites for hydroxylation is 1. The molecule has 116 valence electrons. The maximum atomic E-state index is 6.42. The van der Waals surface area contributed by atoms with E-state index in [-0.39, 0.29) is 0 Å². The van der Waals surface area contributed by atoms with Gasteiger partial charge in [0.15, 0.2) is 0 Å². The summed E-state index contributed by atoms with van der Waals surface area (Å²) in [7, 11) is 0. The van der Waals surface area contributed by atoms with Gasteiger partial charge < -0.3 is 5.73 Å². The third-order valence-corrected chi connectivity index (χ3v) is 5.47. The minimum Gasteiger partial charge on any atom is -0.327 e. The predicted molar refractivity (Wildman–Crippen MR) is 89.3 cm³/mol. The van der Waals surface area contributed by atoms with Crippen LogP contribution in [0, 0.1) is 5.92 Å². The summed E-state index contributed by atoms with van der Waals surface area (Å²) in [5, 5.41) is 0. The minimum atomic E-state index is 0.326. The second kappa shape index (κ2) is 7.42. The standard InChI is InChI=1S/C19H30N2/c20-18(13-12-16-7-2-1-3-8-16)15-21-14-6-11-19(21)17-9-4-5-10-17/h1-3,7-8,17-19H,4-6,9-15,20H2. The van der Waals surface area contributed by atoms with Crippen molar-refractivity contribution in [1.82, 2.24) is 4.90 Å². The van der Waals surface area contributed by atoms with Gasteiger partial charge in [0.05, 0.1) is 0 Å². The van der Waals surface area contributed by atoms with Gasteiger partial charge in [-0.15, -0.1) is 0 Å². The van der Waals surface area contributed by atoms with Crippen LogP contribution in [0.2, 0.25) is 0 Å². The van der Waals surface area contributed by atoms with Gasteiger partial charge in [-0.05, 0) is 56.6 Å². The Morgan fingerprint density at radius 1 is 1.05 bits per heavy atom. The molecule has 1 aromatic carbocycles. The molecule has 2 nitrogen and oxygen atoms in total. The first-order valence-corrected chi connectivity index (χ1v) is 8.86. The summed E-state index contributed by atoms with van der Waals surface area (Å²) in [5.41, 5.74) is 7.84. The van der Waals surface area contributed by atoms with Crippen molar-refractivity contribution in [3.8, 4) is 0 Å². The number of hydrogen-bond acceptors (Lipinski definition) is 2. The molecule has 0 bridgehead atoms. The minimum absolute atomic E-state index is 0.326. The maximum absolute atomic E-state index is 6.42. The van der Waals surface area contributed by atoms with E-state index < -0.39 is 0 Å². The smallest absolute Gasteiger partial charge is 0.0171 e. The summed E-state index contributed by atoms with van der Waals surface area (Å²) in [6, 6.07) is 11.9. The Kier molecular flexibility index (Phi) is 5.32. The molecule has 2 fully saturated rings. The fourth-order valence-electron chi connectivity index (χ4n) is 4.34. The summed E-state index contributed by atoms with van der Waals surface area (Å²) >= 11 is 0. The van der Waals surface area contributed by atoms with Crippen molar-refractivity contribution in [3.63, 3.8) is 0 Å². The first kappa shape index (κ1) is 15.1. The molecule has 1 aliphatic carbocycles. The highest BCUT2D eigenvalue weighted by Crippen LogP contribution is 2.35. The van der Waals surface area contributed by atoms with Crippen LogP contribution in [-0.4, -0.2) is 30.1 Å². The Hall–Kier alpha value is -0.860. The Labute approximate surface area is 129 Å². The van der Waals surface area contributed by atoms with E-state index in [4.69, 9.17) is 5.73 Å². The third-order valence-electron chi connectivity index (χ3n) is 5.47. The Morgan fingerprint density at radius 3 is 2.57 bits per heavy atom. The monoisotopic (exact) mass is 286 g/mol. The topological polar surface area (TPSA) is 29.3 Å². The normalized spacial score (nSPS) is 25.5. The summed E-state index contributed by atoms with van der Waals surface area (Å²) < 4.78 is 0. The van der Waals surface area contributed by atoms with Crippen molar-refractivity contribution in [1.29, 1.82) is 0 Å². The molecule has 2 N–H and O–H groups in total. The predicted octanol–water partition coefficient (Wildman–Crippen LogP) is 3.60. The Morgan fingerprint density at radius 2 is 1.81 bits per heavy atom. The van der Waals surface area contributed by atoms with Crippen molar-refractivity contribution in [2.45, 2.75) is 63.5 Å². The first-order valence-electron chi connectivity index (χ1n) is 8.86. The van der Waals surface area contributed by atoms with Gasteiger partial charge >= 0.3 is 0 Å². The largest absolute Gasteiger partial charge is 0.327 e. The highest BCUT2D eigenvalue weighted by atomic mass is 15.2. The average molecular weight is 286 g/mol. The number of nitrogens with two attached hydrogens (primary N) is 1. The van der Waals surface area contributed by atoms with Crippen molar-refractivity contribution in [2.24, 2.45) is 11.7 Å². The van der Waals surface area contributed by atoms with Crippen molar-refractivity contribution in [2.75, 3.05) is 13.1 Å². The quantitative estimate of drug-likeness (QED) is 0.865. The number of benzene rings is 1. The Balaban J connectivity index is 1.46. The van der Waals surface area contributed by atoms with Crippen LogP contribution in [0.25, 0.3) is 0 Å². The van der Waals surface area contributed by atoms with Crippen LogP contribution in [0.5, 0.6) is 0 Å². The van der Waals surface area contributed by atoms with Gasteiger partial charge in [-0.1, -0.05) is 43.2 Å². The summed E-state index contributed by atoms with van der Waals surface area (Å²) in [4.78, 5) is 2.71. The van der Waals surface area contributed by atoms with Gasteiger partial charge in [0, 0.05) is 18.6 Å². The Bertz CT molecular complexity index is 411. The first-order chi connectivity index (χ1) is 10.3. The van der Waals surface area contributed by atoms with Crippen molar-refractivity contribution in [3.05, 3.63) is 35.9 Å². The lowest BCUT2D eigenvalue weighted by atomic mass is 9.95. The average Bonchev–Trinajstić information content (AvgIpc) is 3.17. The molecule has 2 heteroatoms. The molecule has 2 unspecified atom stereocenters. The molecule has 21 heavy (non-hydrogen) atoms. The second-order valence-electron chi connectivity index (χ2n) is 7.03. The van der Waals surface area contributed by atoms with E-state index >= 15 is 0 Å². The molecule has 3 rings (SSSR count). The lowest BCUT2D eigenvalue weighted by Gasteiger charge is -2.31. The molecular formula is C19H30N2. The summed E-state index contributed by atoms with van der Waals surface area (Å²) in [5.74, 6) is 0.967. The summed E-state index contributed by atoms with van der Waals surface area (Å²) in [6.45, 7) is 2.38. The molecule has 0 amide bonds. The maximum Gasteiger partial charge on any atom is 0.0171 e. The molecule has 1 aliphatic heterocycles.